The molecule has 0 bridgehead atoms. The first-order chi connectivity index (χ1) is 17.6. The highest BCUT2D eigenvalue weighted by atomic mass is 16.6. The van der Waals surface area contributed by atoms with Crippen LogP contribution in [0.25, 0.3) is 21.8 Å². The van der Waals surface area contributed by atoms with Crippen LogP contribution in [0.1, 0.15) is 43.2 Å². The van der Waals surface area contributed by atoms with Crippen molar-refractivity contribution in [3.8, 4) is 11.5 Å². The summed E-state index contributed by atoms with van der Waals surface area (Å²) in [6.07, 6.45) is 0.841. The number of aromatic nitrogens is 2. The normalized spacial score (nSPS) is 11.5. The summed E-state index contributed by atoms with van der Waals surface area (Å²) in [6.45, 7) is 5.91. The molecule has 2 aromatic heterocycles. The molecule has 0 spiro atoms. The zero-order valence-electron chi connectivity index (χ0n) is 22.1. The van der Waals surface area contributed by atoms with Gasteiger partial charge in [0.2, 0.25) is 0 Å². The summed E-state index contributed by atoms with van der Waals surface area (Å²) >= 11 is 0. The Morgan fingerprint density at radius 3 is 2.46 bits per heavy atom. The number of ether oxygens (including phenoxy) is 4. The number of rotatable bonds is 8. The molecule has 1 amide bonds. The van der Waals surface area contributed by atoms with Crippen molar-refractivity contribution in [1.82, 2.24) is 9.55 Å². The van der Waals surface area contributed by atoms with E-state index in [9.17, 15) is 9.59 Å². The van der Waals surface area contributed by atoms with E-state index in [1.54, 1.807) is 24.8 Å². The number of amides is 1. The predicted octanol–water partition coefficient (Wildman–Crippen LogP) is 5.81. The zero-order valence-corrected chi connectivity index (χ0v) is 22.1. The molecule has 2 N–H and O–H groups in total. The molecule has 0 saturated carbocycles. The van der Waals surface area contributed by atoms with Gasteiger partial charge in [-0.15, -0.1) is 0 Å². The average Bonchev–Trinajstić information content (AvgIpc) is 3.37. The lowest BCUT2D eigenvalue weighted by molar-refractivity contribution is 0.0588. The van der Waals surface area contributed by atoms with Crippen LogP contribution >= 0.6 is 0 Å². The molecule has 9 heteroatoms. The summed E-state index contributed by atoms with van der Waals surface area (Å²) in [5, 5.41) is 4.66. The van der Waals surface area contributed by atoms with Crippen LogP contribution in [-0.4, -0.2) is 48.0 Å². The number of benzene rings is 2. The van der Waals surface area contributed by atoms with Crippen LogP contribution in [0, 0.1) is 0 Å². The van der Waals surface area contributed by atoms with Crippen molar-refractivity contribution in [3.05, 3.63) is 53.7 Å². The van der Waals surface area contributed by atoms with E-state index >= 15 is 0 Å². The van der Waals surface area contributed by atoms with Crippen molar-refractivity contribution < 1.29 is 28.5 Å². The lowest BCUT2D eigenvalue weighted by Gasteiger charge is -2.19. The van der Waals surface area contributed by atoms with Crippen LogP contribution in [0.4, 0.5) is 10.6 Å². The number of aromatic amines is 1. The molecule has 0 aliphatic carbocycles. The Morgan fingerprint density at radius 1 is 1.03 bits per heavy atom. The number of nitrogens with one attached hydrogen (secondary N) is 2. The van der Waals surface area contributed by atoms with Crippen LogP contribution in [0.5, 0.6) is 11.5 Å². The highest BCUT2D eigenvalue weighted by molar-refractivity contribution is 6.00. The number of methoxy groups -OCH3 is 2. The Hall–Kier alpha value is -4.14. The van der Waals surface area contributed by atoms with Gasteiger partial charge >= 0.3 is 12.1 Å². The van der Waals surface area contributed by atoms with Crippen LogP contribution < -0.4 is 14.8 Å². The van der Waals surface area contributed by atoms with Gasteiger partial charge in [0.15, 0.2) is 0 Å². The molecule has 9 nitrogen and oxygen atoms in total. The van der Waals surface area contributed by atoms with Gasteiger partial charge in [0.05, 0.1) is 26.3 Å². The van der Waals surface area contributed by atoms with Crippen molar-refractivity contribution in [2.45, 2.75) is 39.2 Å². The van der Waals surface area contributed by atoms with Gasteiger partial charge in [0.1, 0.15) is 28.6 Å². The van der Waals surface area contributed by atoms with E-state index in [4.69, 9.17) is 18.9 Å². The fraction of sp³-hybridized carbons (Fsp3) is 0.357. The van der Waals surface area contributed by atoms with E-state index in [1.165, 1.54) is 7.11 Å². The summed E-state index contributed by atoms with van der Waals surface area (Å²) < 4.78 is 23.8. The Balaban J connectivity index is 1.52. The Morgan fingerprint density at radius 2 is 1.76 bits per heavy atom. The summed E-state index contributed by atoms with van der Waals surface area (Å²) in [6, 6.07) is 13.3. The predicted molar refractivity (Wildman–Crippen MR) is 143 cm³/mol. The summed E-state index contributed by atoms with van der Waals surface area (Å²) in [4.78, 5) is 27.9. The van der Waals surface area contributed by atoms with Gasteiger partial charge in [0.25, 0.3) is 0 Å². The van der Waals surface area contributed by atoms with E-state index in [0.29, 0.717) is 42.5 Å². The number of para-hydroxylation sites is 1. The third-order valence-corrected chi connectivity index (χ3v) is 6.00. The molecule has 0 aliphatic rings. The fourth-order valence-electron chi connectivity index (χ4n) is 4.40. The van der Waals surface area contributed by atoms with E-state index in [0.717, 1.165) is 27.4 Å². The number of carbonyl (C=O) groups is 2. The molecule has 0 fully saturated rings. The van der Waals surface area contributed by atoms with Gasteiger partial charge in [-0.2, -0.15) is 0 Å². The van der Waals surface area contributed by atoms with Crippen LogP contribution in [0.3, 0.4) is 0 Å². The van der Waals surface area contributed by atoms with E-state index in [1.807, 2.05) is 57.2 Å². The minimum absolute atomic E-state index is 0.406. The van der Waals surface area contributed by atoms with Gasteiger partial charge in [0, 0.05) is 28.9 Å². The smallest absolute Gasteiger partial charge is 0.413 e. The summed E-state index contributed by atoms with van der Waals surface area (Å²) in [7, 11) is 4.73. The number of hydrogen-bond acceptors (Lipinski definition) is 6. The van der Waals surface area contributed by atoms with Crippen molar-refractivity contribution >= 4 is 39.7 Å². The molecule has 0 radical (unpaired) electrons. The number of aryl methyl sites for hydroxylation is 2. The van der Waals surface area contributed by atoms with E-state index in [-0.39, 0.29) is 0 Å². The topological polar surface area (TPSA) is 104 Å². The standard InChI is InChI=1S/C28H33N3O6/c1-28(2,3)37-27(33)30-25-18(17-10-7-8-12-20(17)29-25)11-9-15-36-22-13-14-23(34-5)24-19(22)16-21(31(24)4)26(32)35-6/h7-8,10,12-14,16,29H,9,11,15H2,1-6H3,(H,30,33). The number of anilines is 1. The highest BCUT2D eigenvalue weighted by Crippen LogP contribution is 2.36. The van der Waals surface area contributed by atoms with Crippen molar-refractivity contribution in [2.24, 2.45) is 7.05 Å². The largest absolute Gasteiger partial charge is 0.495 e. The molecule has 0 unspecified atom stereocenters. The van der Waals surface area contributed by atoms with E-state index in [2.05, 4.69) is 10.3 Å². The first-order valence-electron chi connectivity index (χ1n) is 12.1. The maximum Gasteiger partial charge on any atom is 0.413 e. The molecule has 37 heavy (non-hydrogen) atoms. The maximum absolute atomic E-state index is 12.4. The van der Waals surface area contributed by atoms with Crippen LogP contribution in [0.15, 0.2) is 42.5 Å². The third-order valence-electron chi connectivity index (χ3n) is 6.00. The monoisotopic (exact) mass is 507 g/mol. The fourth-order valence-corrected chi connectivity index (χ4v) is 4.40. The number of nitrogens with zero attached hydrogens (tertiary/aromatic N) is 1. The lowest BCUT2D eigenvalue weighted by atomic mass is 10.1. The number of fused-ring (bicyclic) bond motifs is 2. The van der Waals surface area contributed by atoms with Gasteiger partial charge in [-0.05, 0) is 57.9 Å². The van der Waals surface area contributed by atoms with Crippen LogP contribution in [0.2, 0.25) is 0 Å². The number of H-pyrrole nitrogens is 1. The Labute approximate surface area is 215 Å². The zero-order chi connectivity index (χ0) is 26.7. The van der Waals surface area contributed by atoms with Crippen molar-refractivity contribution in [1.29, 1.82) is 0 Å². The molecule has 4 aromatic rings. The van der Waals surface area contributed by atoms with Crippen LogP contribution in [-0.2, 0) is 22.9 Å². The van der Waals surface area contributed by atoms with Gasteiger partial charge in [-0.1, -0.05) is 18.2 Å². The Kier molecular flexibility index (Phi) is 7.33. The summed E-state index contributed by atoms with van der Waals surface area (Å²) in [5.41, 5.74) is 2.47. The second kappa shape index (κ2) is 10.5. The minimum Gasteiger partial charge on any atom is -0.495 e. The molecule has 0 aliphatic heterocycles. The highest BCUT2D eigenvalue weighted by Gasteiger charge is 2.21. The molecule has 196 valence electrons. The third kappa shape index (κ3) is 5.50. The van der Waals surface area contributed by atoms with E-state index < -0.39 is 17.7 Å². The molecule has 0 atom stereocenters. The first-order valence-corrected chi connectivity index (χ1v) is 12.1. The number of esters is 1. The Bertz CT molecular complexity index is 1440. The first kappa shape index (κ1) is 25.9. The van der Waals surface area contributed by atoms with Gasteiger partial charge < -0.3 is 28.5 Å². The van der Waals surface area contributed by atoms with Crippen molar-refractivity contribution in [3.63, 3.8) is 0 Å². The van der Waals surface area contributed by atoms with Gasteiger partial charge in [-0.3, -0.25) is 5.32 Å². The number of hydrogen-bond donors (Lipinski definition) is 2. The second-order valence-corrected chi connectivity index (χ2v) is 9.71. The molecule has 2 aromatic carbocycles. The lowest BCUT2D eigenvalue weighted by Crippen LogP contribution is -2.27. The molecular weight excluding hydrogens is 474 g/mol. The minimum atomic E-state index is -0.598. The quantitative estimate of drug-likeness (QED) is 0.230. The SMILES string of the molecule is COC(=O)c1cc2c(OCCCc3c(NC(=O)OC(C)(C)C)[nH]c4ccccc34)ccc(OC)c2n1C. The van der Waals surface area contributed by atoms with Gasteiger partial charge in [-0.25, -0.2) is 9.59 Å². The molecular formula is C28H33N3O6. The molecule has 4 rings (SSSR count). The number of carbonyl (C=O) groups excluding carboxylic acids is 2. The average molecular weight is 508 g/mol. The molecule has 2 heterocycles. The summed E-state index contributed by atoms with van der Waals surface area (Å²) in [5.74, 6) is 1.47. The second-order valence-electron chi connectivity index (χ2n) is 9.71. The van der Waals surface area contributed by atoms with Crippen molar-refractivity contribution in [2.75, 3.05) is 26.1 Å². The maximum atomic E-state index is 12.4. The molecule has 0 saturated heterocycles.